The van der Waals surface area contributed by atoms with Crippen LogP contribution in [0.2, 0.25) is 0 Å². The van der Waals surface area contributed by atoms with E-state index in [0.29, 0.717) is 6.61 Å². The third kappa shape index (κ3) is 3.53. The van der Waals surface area contributed by atoms with Crippen molar-refractivity contribution < 1.29 is 14.3 Å². The lowest BCUT2D eigenvalue weighted by molar-refractivity contribution is 0.112. The summed E-state index contributed by atoms with van der Waals surface area (Å²) in [6, 6.07) is 13.8. The van der Waals surface area contributed by atoms with Gasteiger partial charge < -0.3 is 14.0 Å². The molecular weight excluding hydrogens is 314 g/mol. The van der Waals surface area contributed by atoms with Crippen LogP contribution < -0.4 is 9.47 Å². The second kappa shape index (κ2) is 7.88. The van der Waals surface area contributed by atoms with Crippen LogP contribution >= 0.6 is 0 Å². The van der Waals surface area contributed by atoms with Crippen molar-refractivity contribution in [2.24, 2.45) is 0 Å². The van der Waals surface area contributed by atoms with Gasteiger partial charge in [0, 0.05) is 23.7 Å². The van der Waals surface area contributed by atoms with Crippen molar-refractivity contribution in [1.29, 1.82) is 0 Å². The topological polar surface area (TPSA) is 40.5 Å². The molecule has 0 bridgehead atoms. The third-order valence-electron chi connectivity index (χ3n) is 4.39. The number of aromatic nitrogens is 1. The average Bonchev–Trinajstić information content (AvgIpc) is 3.03. The van der Waals surface area contributed by atoms with E-state index in [0.717, 1.165) is 53.6 Å². The molecule has 1 heterocycles. The molecule has 0 aliphatic carbocycles. The van der Waals surface area contributed by atoms with Gasteiger partial charge >= 0.3 is 0 Å². The zero-order valence-electron chi connectivity index (χ0n) is 14.7. The normalized spacial score (nSPS) is 10.8. The van der Waals surface area contributed by atoms with E-state index in [1.807, 2.05) is 42.6 Å². The van der Waals surface area contributed by atoms with Crippen molar-refractivity contribution in [3.05, 3.63) is 59.8 Å². The summed E-state index contributed by atoms with van der Waals surface area (Å²) in [5, 5.41) is 1.03. The Kier molecular flexibility index (Phi) is 5.39. The van der Waals surface area contributed by atoms with Crippen LogP contribution in [-0.2, 0) is 13.0 Å². The molecule has 0 saturated carbocycles. The molecule has 130 valence electrons. The van der Waals surface area contributed by atoms with Gasteiger partial charge in [0.05, 0.1) is 19.2 Å². The summed E-state index contributed by atoms with van der Waals surface area (Å²) in [5.74, 6) is 1.50. The van der Waals surface area contributed by atoms with Gasteiger partial charge in [0.1, 0.15) is 0 Å². The highest BCUT2D eigenvalue weighted by atomic mass is 16.5. The molecule has 0 atom stereocenters. The quantitative estimate of drug-likeness (QED) is 0.449. The van der Waals surface area contributed by atoms with Crippen LogP contribution in [-0.4, -0.2) is 24.6 Å². The van der Waals surface area contributed by atoms with Gasteiger partial charge in [0.15, 0.2) is 17.8 Å². The van der Waals surface area contributed by atoms with Crippen molar-refractivity contribution in [2.75, 3.05) is 13.7 Å². The maximum Gasteiger partial charge on any atom is 0.161 e. The van der Waals surface area contributed by atoms with Gasteiger partial charge in [-0.1, -0.05) is 37.3 Å². The fraction of sp³-hybridized carbons (Fsp3) is 0.286. The highest BCUT2D eigenvalue weighted by Crippen LogP contribution is 2.27. The van der Waals surface area contributed by atoms with E-state index in [9.17, 15) is 4.79 Å². The number of methoxy groups -OCH3 is 1. The van der Waals surface area contributed by atoms with Crippen molar-refractivity contribution in [3.8, 4) is 11.5 Å². The molecule has 25 heavy (non-hydrogen) atoms. The molecule has 2 aromatic carbocycles. The Bertz CT molecular complexity index is 867. The van der Waals surface area contributed by atoms with Gasteiger partial charge in [-0.05, 0) is 30.5 Å². The van der Waals surface area contributed by atoms with E-state index in [4.69, 9.17) is 9.47 Å². The SMILES string of the molecule is CCc1cccc2c(C=O)cn(CCCOc3ccccc3OC)c12. The van der Waals surface area contributed by atoms with E-state index in [-0.39, 0.29) is 0 Å². The molecule has 0 radical (unpaired) electrons. The van der Waals surface area contributed by atoms with Crippen LogP contribution in [0.3, 0.4) is 0 Å². The number of carbonyl (C=O) groups is 1. The van der Waals surface area contributed by atoms with E-state index in [1.54, 1.807) is 7.11 Å². The molecule has 1 aromatic heterocycles. The van der Waals surface area contributed by atoms with E-state index in [1.165, 1.54) is 5.56 Å². The summed E-state index contributed by atoms with van der Waals surface area (Å²) in [7, 11) is 1.64. The predicted molar refractivity (Wildman–Crippen MR) is 99.8 cm³/mol. The summed E-state index contributed by atoms with van der Waals surface area (Å²) in [6.07, 6.45) is 4.67. The Morgan fingerprint density at radius 1 is 1.08 bits per heavy atom. The van der Waals surface area contributed by atoms with Crippen LogP contribution in [0.25, 0.3) is 10.9 Å². The monoisotopic (exact) mass is 337 g/mol. The molecule has 0 aliphatic rings. The number of rotatable bonds is 8. The molecule has 0 fully saturated rings. The first kappa shape index (κ1) is 17.1. The first-order chi connectivity index (χ1) is 12.3. The van der Waals surface area contributed by atoms with Gasteiger partial charge in [0.2, 0.25) is 0 Å². The summed E-state index contributed by atoms with van der Waals surface area (Å²) < 4.78 is 13.3. The van der Waals surface area contributed by atoms with Crippen LogP contribution in [0, 0.1) is 0 Å². The molecular formula is C21H23NO3. The first-order valence-electron chi connectivity index (χ1n) is 8.60. The van der Waals surface area contributed by atoms with E-state index >= 15 is 0 Å². The lowest BCUT2D eigenvalue weighted by atomic mass is 10.1. The van der Waals surface area contributed by atoms with Crippen LogP contribution in [0.1, 0.15) is 29.3 Å². The van der Waals surface area contributed by atoms with Crippen LogP contribution in [0.5, 0.6) is 11.5 Å². The molecule has 0 spiro atoms. The minimum Gasteiger partial charge on any atom is -0.493 e. The van der Waals surface area contributed by atoms with Gasteiger partial charge in [-0.15, -0.1) is 0 Å². The van der Waals surface area contributed by atoms with E-state index < -0.39 is 0 Å². The van der Waals surface area contributed by atoms with Gasteiger partial charge in [0.25, 0.3) is 0 Å². The summed E-state index contributed by atoms with van der Waals surface area (Å²) in [4.78, 5) is 11.4. The standard InChI is InChI=1S/C21H23NO3/c1-3-16-8-6-9-18-17(15-23)14-22(21(16)18)12-7-13-25-20-11-5-4-10-19(20)24-2/h4-6,8-11,14-15H,3,7,12-13H2,1-2H3. The number of carbonyl (C=O) groups excluding carboxylic acids is 1. The zero-order chi connectivity index (χ0) is 17.6. The molecule has 3 rings (SSSR count). The minimum atomic E-state index is 0.588. The summed E-state index contributed by atoms with van der Waals surface area (Å²) in [6.45, 7) is 3.53. The zero-order valence-corrected chi connectivity index (χ0v) is 14.7. The molecule has 0 unspecified atom stereocenters. The lowest BCUT2D eigenvalue weighted by Crippen LogP contribution is -2.05. The number of hydrogen-bond acceptors (Lipinski definition) is 3. The molecule has 0 saturated heterocycles. The summed E-state index contributed by atoms with van der Waals surface area (Å²) >= 11 is 0. The fourth-order valence-electron chi connectivity index (χ4n) is 3.18. The van der Waals surface area contributed by atoms with Crippen molar-refractivity contribution in [1.82, 2.24) is 4.57 Å². The first-order valence-corrected chi connectivity index (χ1v) is 8.60. The maximum absolute atomic E-state index is 11.4. The molecule has 3 aromatic rings. The highest BCUT2D eigenvalue weighted by molar-refractivity contribution is 5.98. The molecule has 0 N–H and O–H groups in total. The third-order valence-corrected chi connectivity index (χ3v) is 4.39. The number of hydrogen-bond donors (Lipinski definition) is 0. The van der Waals surface area contributed by atoms with Crippen LogP contribution in [0.15, 0.2) is 48.7 Å². The van der Waals surface area contributed by atoms with Crippen molar-refractivity contribution in [3.63, 3.8) is 0 Å². The Labute approximate surface area is 148 Å². The van der Waals surface area contributed by atoms with Crippen LogP contribution in [0.4, 0.5) is 0 Å². The van der Waals surface area contributed by atoms with Crippen molar-refractivity contribution >= 4 is 17.2 Å². The number of aryl methyl sites for hydroxylation is 2. The Morgan fingerprint density at radius 2 is 1.88 bits per heavy atom. The van der Waals surface area contributed by atoms with Gasteiger partial charge in [-0.3, -0.25) is 4.79 Å². The molecule has 4 nitrogen and oxygen atoms in total. The number of para-hydroxylation sites is 3. The summed E-state index contributed by atoms with van der Waals surface area (Å²) in [5.41, 5.74) is 3.16. The molecule has 4 heteroatoms. The lowest BCUT2D eigenvalue weighted by Gasteiger charge is -2.11. The number of aldehydes is 1. The average molecular weight is 337 g/mol. The Morgan fingerprint density at radius 3 is 2.60 bits per heavy atom. The molecule has 0 aliphatic heterocycles. The number of ether oxygens (including phenoxy) is 2. The maximum atomic E-state index is 11.4. The smallest absolute Gasteiger partial charge is 0.161 e. The number of benzene rings is 2. The fourth-order valence-corrected chi connectivity index (χ4v) is 3.18. The number of fused-ring (bicyclic) bond motifs is 1. The van der Waals surface area contributed by atoms with Gasteiger partial charge in [-0.2, -0.15) is 0 Å². The molecule has 0 amide bonds. The van der Waals surface area contributed by atoms with E-state index in [2.05, 4.69) is 17.6 Å². The largest absolute Gasteiger partial charge is 0.493 e. The van der Waals surface area contributed by atoms with Gasteiger partial charge in [-0.25, -0.2) is 0 Å². The predicted octanol–water partition coefficient (Wildman–Crippen LogP) is 4.49. The second-order valence-electron chi connectivity index (χ2n) is 5.92. The Balaban J connectivity index is 1.72. The second-order valence-corrected chi connectivity index (χ2v) is 5.92. The Hall–Kier alpha value is -2.75. The highest BCUT2D eigenvalue weighted by Gasteiger charge is 2.11. The minimum absolute atomic E-state index is 0.588. The van der Waals surface area contributed by atoms with Crippen molar-refractivity contribution in [2.45, 2.75) is 26.3 Å². The number of nitrogens with zero attached hydrogens (tertiary/aromatic N) is 1.